The quantitative estimate of drug-likeness (QED) is 0.809. The van der Waals surface area contributed by atoms with Gasteiger partial charge < -0.3 is 19.9 Å². The second-order valence-corrected chi connectivity index (χ2v) is 6.21. The average molecular weight is 377 g/mol. The number of halogens is 2. The number of carboxylic acids is 1. The summed E-state index contributed by atoms with van der Waals surface area (Å²) in [6, 6.07) is 11.0. The number of carbonyl (C=O) groups excluding carboxylic acids is 1. The highest BCUT2D eigenvalue weighted by Gasteiger charge is 2.45. The first kappa shape index (κ1) is 18.6. The number of carboxylic acid groups (broad SMARTS) is 1. The molecule has 0 heterocycles. The van der Waals surface area contributed by atoms with Gasteiger partial charge in [0.15, 0.2) is 11.5 Å². The van der Waals surface area contributed by atoms with Gasteiger partial charge in [0.05, 0.1) is 7.11 Å². The Morgan fingerprint density at radius 1 is 1.11 bits per heavy atom. The average Bonchev–Trinajstić information content (AvgIpc) is 3.00. The summed E-state index contributed by atoms with van der Waals surface area (Å²) in [5.41, 5.74) is 0.182. The van der Waals surface area contributed by atoms with E-state index in [4.69, 9.17) is 4.74 Å². The van der Waals surface area contributed by atoms with Crippen LogP contribution in [0, 0.1) is 0 Å². The summed E-state index contributed by atoms with van der Waals surface area (Å²) in [7, 11) is 1.28. The number of alkyl halides is 2. The summed E-state index contributed by atoms with van der Waals surface area (Å²) in [4.78, 5) is 24.6. The van der Waals surface area contributed by atoms with E-state index in [1.165, 1.54) is 19.2 Å². The Balaban J connectivity index is 1.87. The van der Waals surface area contributed by atoms with Crippen molar-refractivity contribution >= 4 is 11.9 Å². The first-order valence-electron chi connectivity index (χ1n) is 8.10. The highest BCUT2D eigenvalue weighted by atomic mass is 19.3. The van der Waals surface area contributed by atoms with Crippen LogP contribution in [0.25, 0.3) is 0 Å². The van der Waals surface area contributed by atoms with E-state index in [0.29, 0.717) is 0 Å². The van der Waals surface area contributed by atoms with Crippen molar-refractivity contribution in [2.45, 2.75) is 25.0 Å². The molecule has 0 spiro atoms. The Kier molecular flexibility index (Phi) is 4.98. The second-order valence-electron chi connectivity index (χ2n) is 6.21. The zero-order valence-electron chi connectivity index (χ0n) is 14.4. The molecular weight excluding hydrogens is 360 g/mol. The van der Waals surface area contributed by atoms with Crippen LogP contribution in [0.4, 0.5) is 8.78 Å². The van der Waals surface area contributed by atoms with E-state index in [9.17, 15) is 23.5 Å². The Hall–Kier alpha value is -3.16. The number of methoxy groups -OCH3 is 1. The van der Waals surface area contributed by atoms with E-state index >= 15 is 0 Å². The number of fused-ring (bicyclic) bond motifs is 1. The van der Waals surface area contributed by atoms with Crippen molar-refractivity contribution in [2.24, 2.45) is 0 Å². The molecule has 0 saturated carbocycles. The lowest BCUT2D eigenvalue weighted by molar-refractivity contribution is -0.144. The number of ether oxygens (including phenoxy) is 2. The first-order valence-corrected chi connectivity index (χ1v) is 8.10. The molecular formula is C19H17F2NO5. The summed E-state index contributed by atoms with van der Waals surface area (Å²) in [6.07, 6.45) is 0.279. The van der Waals surface area contributed by atoms with Gasteiger partial charge in [0.2, 0.25) is 0 Å². The molecule has 0 atom stereocenters. The Morgan fingerprint density at radius 2 is 1.74 bits per heavy atom. The van der Waals surface area contributed by atoms with Gasteiger partial charge in [-0.1, -0.05) is 24.3 Å². The fraction of sp³-hybridized carbons (Fsp3) is 0.263. The van der Waals surface area contributed by atoms with Gasteiger partial charge in [0.1, 0.15) is 5.54 Å². The molecule has 0 bridgehead atoms. The second kappa shape index (κ2) is 7.22. The molecule has 0 aromatic heterocycles. The van der Waals surface area contributed by atoms with Crippen LogP contribution in [-0.2, 0) is 17.6 Å². The van der Waals surface area contributed by atoms with Crippen LogP contribution in [-0.4, -0.2) is 36.2 Å². The predicted molar refractivity (Wildman–Crippen MR) is 91.3 cm³/mol. The van der Waals surface area contributed by atoms with Crippen molar-refractivity contribution in [1.82, 2.24) is 5.32 Å². The Labute approximate surface area is 153 Å². The summed E-state index contributed by atoms with van der Waals surface area (Å²) in [6.45, 7) is -3.09. The van der Waals surface area contributed by atoms with E-state index in [1.807, 2.05) is 12.1 Å². The normalized spacial score (nSPS) is 14.5. The summed E-state index contributed by atoms with van der Waals surface area (Å²) in [5, 5.41) is 12.3. The van der Waals surface area contributed by atoms with Gasteiger partial charge in [-0.05, 0) is 29.3 Å². The van der Waals surface area contributed by atoms with Gasteiger partial charge in [-0.25, -0.2) is 4.79 Å². The molecule has 0 unspecified atom stereocenters. The number of carbonyl (C=O) groups is 2. The molecule has 8 heteroatoms. The molecule has 0 fully saturated rings. The fourth-order valence-corrected chi connectivity index (χ4v) is 3.20. The molecule has 27 heavy (non-hydrogen) atoms. The van der Waals surface area contributed by atoms with Crippen molar-refractivity contribution < 1.29 is 33.0 Å². The predicted octanol–water partition coefficient (Wildman–Crippen LogP) is 2.65. The lowest BCUT2D eigenvalue weighted by Gasteiger charge is -2.25. The number of aliphatic carboxylic acids is 1. The van der Waals surface area contributed by atoms with E-state index < -0.39 is 24.0 Å². The lowest BCUT2D eigenvalue weighted by atomic mass is 9.95. The van der Waals surface area contributed by atoms with Gasteiger partial charge in [-0.2, -0.15) is 8.78 Å². The molecule has 6 nitrogen and oxygen atoms in total. The van der Waals surface area contributed by atoms with Crippen LogP contribution in [0.1, 0.15) is 21.5 Å². The molecule has 2 N–H and O–H groups in total. The standard InChI is InChI=1S/C19H17F2NO5/c1-26-14-7-6-11(8-15(14)27-18(20)21)16(23)22-19(17(24)25)9-12-4-2-3-5-13(12)10-19/h2-8,18H,9-10H2,1H3,(H,22,23)(H,24,25). The number of hydrogen-bond donors (Lipinski definition) is 2. The van der Waals surface area contributed by atoms with Crippen molar-refractivity contribution in [1.29, 1.82) is 0 Å². The minimum absolute atomic E-state index is 0.0111. The van der Waals surface area contributed by atoms with E-state index in [2.05, 4.69) is 10.1 Å². The lowest BCUT2D eigenvalue weighted by Crippen LogP contribution is -2.55. The van der Waals surface area contributed by atoms with Gasteiger partial charge in [-0.3, -0.25) is 4.79 Å². The summed E-state index contributed by atoms with van der Waals surface area (Å²) >= 11 is 0. The number of hydrogen-bond acceptors (Lipinski definition) is 4. The van der Waals surface area contributed by atoms with Crippen LogP contribution >= 0.6 is 0 Å². The monoisotopic (exact) mass is 377 g/mol. The van der Waals surface area contributed by atoms with Gasteiger partial charge in [0, 0.05) is 18.4 Å². The first-order chi connectivity index (χ1) is 12.8. The number of rotatable bonds is 6. The Bertz CT molecular complexity index is 859. The van der Waals surface area contributed by atoms with Crippen LogP contribution < -0.4 is 14.8 Å². The third kappa shape index (κ3) is 3.69. The maximum Gasteiger partial charge on any atom is 0.387 e. The molecule has 3 rings (SSSR count). The highest BCUT2D eigenvalue weighted by molar-refractivity contribution is 5.99. The maximum atomic E-state index is 12.6. The molecule has 1 aliphatic rings. The Morgan fingerprint density at radius 3 is 2.26 bits per heavy atom. The van der Waals surface area contributed by atoms with E-state index in [0.717, 1.165) is 17.2 Å². The highest BCUT2D eigenvalue weighted by Crippen LogP contribution is 2.32. The largest absolute Gasteiger partial charge is 0.493 e. The van der Waals surface area contributed by atoms with Crippen molar-refractivity contribution in [3.05, 3.63) is 59.2 Å². The van der Waals surface area contributed by atoms with Gasteiger partial charge in [-0.15, -0.1) is 0 Å². The van der Waals surface area contributed by atoms with Gasteiger partial charge in [0.25, 0.3) is 5.91 Å². The molecule has 142 valence electrons. The molecule has 1 aliphatic carbocycles. The van der Waals surface area contributed by atoms with Crippen molar-refractivity contribution in [2.75, 3.05) is 7.11 Å². The van der Waals surface area contributed by atoms with Gasteiger partial charge >= 0.3 is 12.6 Å². The number of nitrogens with one attached hydrogen (secondary N) is 1. The molecule has 2 aromatic rings. The minimum atomic E-state index is -3.09. The molecule has 2 aromatic carbocycles. The van der Waals surface area contributed by atoms with E-state index in [-0.39, 0.29) is 29.9 Å². The molecule has 1 amide bonds. The van der Waals surface area contributed by atoms with E-state index in [1.54, 1.807) is 12.1 Å². The smallest absolute Gasteiger partial charge is 0.387 e. The maximum absolute atomic E-state index is 12.6. The molecule has 0 radical (unpaired) electrons. The third-order valence-electron chi connectivity index (χ3n) is 4.51. The topological polar surface area (TPSA) is 84.9 Å². The zero-order chi connectivity index (χ0) is 19.6. The minimum Gasteiger partial charge on any atom is -0.493 e. The van der Waals surface area contributed by atoms with Crippen LogP contribution in [0.15, 0.2) is 42.5 Å². The van der Waals surface area contributed by atoms with Crippen molar-refractivity contribution in [3.8, 4) is 11.5 Å². The van der Waals surface area contributed by atoms with Crippen molar-refractivity contribution in [3.63, 3.8) is 0 Å². The van der Waals surface area contributed by atoms with Crippen LogP contribution in [0.2, 0.25) is 0 Å². The van der Waals surface area contributed by atoms with Crippen LogP contribution in [0.5, 0.6) is 11.5 Å². The summed E-state index contributed by atoms with van der Waals surface area (Å²) in [5.74, 6) is -2.14. The number of benzene rings is 2. The molecule has 0 saturated heterocycles. The fourth-order valence-electron chi connectivity index (χ4n) is 3.20. The SMILES string of the molecule is COc1ccc(C(=O)NC2(C(=O)O)Cc3ccccc3C2)cc1OC(F)F. The van der Waals surface area contributed by atoms with Crippen LogP contribution in [0.3, 0.4) is 0 Å². The number of amides is 1. The summed E-state index contributed by atoms with van der Waals surface area (Å²) < 4.78 is 34.4. The third-order valence-corrected chi connectivity index (χ3v) is 4.51. The molecule has 0 aliphatic heterocycles. The zero-order valence-corrected chi connectivity index (χ0v) is 14.4.